The van der Waals surface area contributed by atoms with Crippen molar-refractivity contribution < 1.29 is 4.74 Å². The van der Waals surface area contributed by atoms with Crippen molar-refractivity contribution in [3.8, 4) is 0 Å². The molecule has 0 spiro atoms. The number of hydrogen-bond acceptors (Lipinski definition) is 1. The summed E-state index contributed by atoms with van der Waals surface area (Å²) in [6.45, 7) is 1.46. The summed E-state index contributed by atoms with van der Waals surface area (Å²) < 4.78 is 7.66. The molecule has 0 radical (unpaired) electrons. The standard InChI is InChI=1S/C15H11Br3O/c16-12-3-4-14(17)13(6-12)15(18)9-1-2-10-7-19-8-11(10)5-9/h1-6,15H,7-8H2. The van der Waals surface area contributed by atoms with Gasteiger partial charge in [0.05, 0.1) is 18.0 Å². The minimum absolute atomic E-state index is 0.172. The Morgan fingerprint density at radius 3 is 2.58 bits per heavy atom. The predicted octanol–water partition coefficient (Wildman–Crippen LogP) is 5.73. The van der Waals surface area contributed by atoms with Crippen LogP contribution in [0.25, 0.3) is 0 Å². The van der Waals surface area contributed by atoms with Gasteiger partial charge in [0.25, 0.3) is 0 Å². The smallest absolute Gasteiger partial charge is 0.0725 e. The molecule has 0 saturated carbocycles. The van der Waals surface area contributed by atoms with Crippen molar-refractivity contribution in [1.29, 1.82) is 0 Å². The summed E-state index contributed by atoms with van der Waals surface area (Å²) in [4.78, 5) is 0.172. The van der Waals surface area contributed by atoms with Gasteiger partial charge in [0.2, 0.25) is 0 Å². The Morgan fingerprint density at radius 1 is 0.947 bits per heavy atom. The molecule has 1 aliphatic rings. The highest BCUT2D eigenvalue weighted by Crippen LogP contribution is 2.38. The van der Waals surface area contributed by atoms with Crippen molar-refractivity contribution in [2.45, 2.75) is 18.0 Å². The van der Waals surface area contributed by atoms with E-state index in [9.17, 15) is 0 Å². The minimum Gasteiger partial charge on any atom is -0.372 e. The highest BCUT2D eigenvalue weighted by molar-refractivity contribution is 9.11. The third-order valence-electron chi connectivity index (χ3n) is 3.27. The normalized spacial score (nSPS) is 15.3. The first kappa shape index (κ1) is 13.8. The van der Waals surface area contributed by atoms with Crippen LogP contribution >= 0.6 is 47.8 Å². The van der Waals surface area contributed by atoms with E-state index >= 15 is 0 Å². The van der Waals surface area contributed by atoms with E-state index in [0.717, 1.165) is 22.2 Å². The largest absolute Gasteiger partial charge is 0.372 e. The number of rotatable bonds is 2. The van der Waals surface area contributed by atoms with Gasteiger partial charge in [0.15, 0.2) is 0 Å². The molecule has 2 aromatic rings. The number of hydrogen-bond donors (Lipinski definition) is 0. The quantitative estimate of drug-likeness (QED) is 0.535. The van der Waals surface area contributed by atoms with Gasteiger partial charge in [-0.1, -0.05) is 66.0 Å². The second kappa shape index (κ2) is 5.68. The number of fused-ring (bicyclic) bond motifs is 1. The molecule has 19 heavy (non-hydrogen) atoms. The molecule has 0 aromatic heterocycles. The van der Waals surface area contributed by atoms with E-state index in [1.54, 1.807) is 0 Å². The lowest BCUT2D eigenvalue weighted by molar-refractivity contribution is 0.134. The second-order valence-corrected chi connectivity index (χ2v) is 7.24. The lowest BCUT2D eigenvalue weighted by atomic mass is 10.0. The Morgan fingerprint density at radius 2 is 1.74 bits per heavy atom. The molecule has 1 heterocycles. The van der Waals surface area contributed by atoms with Crippen LogP contribution < -0.4 is 0 Å². The van der Waals surface area contributed by atoms with Gasteiger partial charge in [-0.25, -0.2) is 0 Å². The van der Waals surface area contributed by atoms with Crippen LogP contribution in [-0.4, -0.2) is 0 Å². The van der Waals surface area contributed by atoms with Crippen molar-refractivity contribution >= 4 is 47.8 Å². The topological polar surface area (TPSA) is 9.23 Å². The Kier molecular flexibility index (Phi) is 4.13. The van der Waals surface area contributed by atoms with Gasteiger partial charge in [-0.05, 0) is 40.5 Å². The molecular weight excluding hydrogens is 436 g/mol. The van der Waals surface area contributed by atoms with E-state index in [0.29, 0.717) is 0 Å². The van der Waals surface area contributed by atoms with Crippen LogP contribution in [0.4, 0.5) is 0 Å². The van der Waals surface area contributed by atoms with Crippen LogP contribution in [0.3, 0.4) is 0 Å². The summed E-state index contributed by atoms with van der Waals surface area (Å²) >= 11 is 10.9. The van der Waals surface area contributed by atoms with Crippen molar-refractivity contribution in [3.63, 3.8) is 0 Å². The van der Waals surface area contributed by atoms with Crippen molar-refractivity contribution in [2.75, 3.05) is 0 Å². The molecule has 0 saturated heterocycles. The van der Waals surface area contributed by atoms with Gasteiger partial charge in [-0.15, -0.1) is 0 Å². The van der Waals surface area contributed by atoms with E-state index in [4.69, 9.17) is 4.74 Å². The lowest BCUT2D eigenvalue weighted by Crippen LogP contribution is -1.96. The Labute approximate surface area is 137 Å². The van der Waals surface area contributed by atoms with Crippen LogP contribution in [0.1, 0.15) is 27.1 Å². The average molecular weight is 447 g/mol. The Bertz CT molecular complexity index is 625. The second-order valence-electron chi connectivity index (χ2n) is 4.55. The van der Waals surface area contributed by atoms with Crippen molar-refractivity contribution in [2.24, 2.45) is 0 Å². The van der Waals surface area contributed by atoms with Gasteiger partial charge in [-0.3, -0.25) is 0 Å². The van der Waals surface area contributed by atoms with Crippen molar-refractivity contribution in [3.05, 3.63) is 67.6 Å². The summed E-state index contributed by atoms with van der Waals surface area (Å²) in [6, 6.07) is 12.8. The number of benzene rings is 2. The van der Waals surface area contributed by atoms with Crippen LogP contribution in [0.5, 0.6) is 0 Å². The fourth-order valence-corrected chi connectivity index (χ4v) is 4.06. The molecule has 0 N–H and O–H groups in total. The van der Waals surface area contributed by atoms with E-state index in [-0.39, 0.29) is 4.83 Å². The van der Waals surface area contributed by atoms with E-state index in [2.05, 4.69) is 78.1 Å². The molecule has 1 atom stereocenters. The Hall–Kier alpha value is -0.160. The minimum atomic E-state index is 0.172. The maximum Gasteiger partial charge on any atom is 0.0725 e. The van der Waals surface area contributed by atoms with Gasteiger partial charge in [-0.2, -0.15) is 0 Å². The summed E-state index contributed by atoms with van der Waals surface area (Å²) in [6.07, 6.45) is 0. The van der Waals surface area contributed by atoms with E-state index in [1.807, 2.05) is 6.07 Å². The number of ether oxygens (including phenoxy) is 1. The van der Waals surface area contributed by atoms with Crippen molar-refractivity contribution in [1.82, 2.24) is 0 Å². The maximum absolute atomic E-state index is 5.47. The SMILES string of the molecule is Brc1ccc(Br)c(C(Br)c2ccc3c(c2)COC3)c1. The van der Waals surface area contributed by atoms with Gasteiger partial charge < -0.3 is 4.74 Å². The molecule has 0 fully saturated rings. The monoisotopic (exact) mass is 444 g/mol. The van der Waals surface area contributed by atoms with Crippen LogP contribution in [0.2, 0.25) is 0 Å². The molecule has 2 aromatic carbocycles. The molecular formula is C15H11Br3O. The molecule has 0 bridgehead atoms. The maximum atomic E-state index is 5.47. The molecule has 98 valence electrons. The van der Waals surface area contributed by atoms with Gasteiger partial charge in [0, 0.05) is 8.95 Å². The van der Waals surface area contributed by atoms with E-state index in [1.165, 1.54) is 22.3 Å². The van der Waals surface area contributed by atoms with Gasteiger partial charge >= 0.3 is 0 Å². The molecule has 4 heteroatoms. The summed E-state index contributed by atoms with van der Waals surface area (Å²) in [5, 5.41) is 0. The third kappa shape index (κ3) is 2.82. The van der Waals surface area contributed by atoms with Crippen LogP contribution in [0, 0.1) is 0 Å². The molecule has 3 rings (SSSR count). The molecule has 1 aliphatic heterocycles. The third-order valence-corrected chi connectivity index (χ3v) is 5.51. The van der Waals surface area contributed by atoms with Crippen LogP contribution in [0.15, 0.2) is 45.3 Å². The molecule has 0 aliphatic carbocycles. The molecule has 1 unspecified atom stereocenters. The highest BCUT2D eigenvalue weighted by Gasteiger charge is 2.17. The first-order valence-corrected chi connectivity index (χ1v) is 8.44. The first-order valence-electron chi connectivity index (χ1n) is 5.93. The zero-order valence-corrected chi connectivity index (χ0v) is 14.8. The van der Waals surface area contributed by atoms with Crippen LogP contribution in [-0.2, 0) is 18.0 Å². The van der Waals surface area contributed by atoms with E-state index < -0.39 is 0 Å². The summed E-state index contributed by atoms with van der Waals surface area (Å²) in [5.74, 6) is 0. The lowest BCUT2D eigenvalue weighted by Gasteiger charge is -2.14. The Balaban J connectivity index is 1.99. The summed E-state index contributed by atoms with van der Waals surface area (Å²) in [7, 11) is 0. The number of halogens is 3. The molecule has 0 amide bonds. The number of alkyl halides is 1. The molecule has 1 nitrogen and oxygen atoms in total. The zero-order valence-electron chi connectivity index (χ0n) is 10.00. The average Bonchev–Trinajstić information content (AvgIpc) is 2.88. The highest BCUT2D eigenvalue weighted by atomic mass is 79.9. The summed E-state index contributed by atoms with van der Waals surface area (Å²) in [5.41, 5.74) is 5.07. The fraction of sp³-hybridized carbons (Fsp3) is 0.200. The fourth-order valence-electron chi connectivity index (χ4n) is 2.24. The zero-order chi connectivity index (χ0) is 13.4. The first-order chi connectivity index (χ1) is 9.15. The predicted molar refractivity (Wildman–Crippen MR) is 87.5 cm³/mol. The van der Waals surface area contributed by atoms with Gasteiger partial charge in [0.1, 0.15) is 0 Å².